The minimum Gasteiger partial charge on any atom is -0.465 e. The minimum atomic E-state index is -0.309. The molecule has 0 radical (unpaired) electrons. The highest BCUT2D eigenvalue weighted by Crippen LogP contribution is 2.44. The van der Waals surface area contributed by atoms with Gasteiger partial charge in [-0.15, -0.1) is 0 Å². The van der Waals surface area contributed by atoms with Crippen LogP contribution in [-0.2, 0) is 4.79 Å². The Balaban J connectivity index is 1.51. The number of carbonyl (C=O) groups is 2. The average Bonchev–Trinajstić information content (AvgIpc) is 3.40. The van der Waals surface area contributed by atoms with Crippen LogP contribution >= 0.6 is 0 Å². The standard InChI is InChI=1S/C22H24N2O3/c1-14-4-7-16(8-5-14)21(25)24-20(13-18-3-2-10-27-18)22(26)23-19-12-15-6-9-17(19)11-15/h2-5,7-8,10,13,15,17,19H,6,9,11-12H2,1H3,(H,23,26)(H,24,25)/b20-13-/t15-,17+,19+/m0/s1. The molecule has 5 nitrogen and oxygen atoms in total. The van der Waals surface area contributed by atoms with Crippen molar-refractivity contribution in [3.05, 3.63) is 65.2 Å². The van der Waals surface area contributed by atoms with Gasteiger partial charge in [0.25, 0.3) is 11.8 Å². The van der Waals surface area contributed by atoms with Gasteiger partial charge in [-0.05, 0) is 62.3 Å². The first-order chi connectivity index (χ1) is 13.1. The van der Waals surface area contributed by atoms with Crippen LogP contribution in [0.15, 0.2) is 52.8 Å². The summed E-state index contributed by atoms with van der Waals surface area (Å²) in [7, 11) is 0. The number of rotatable bonds is 5. The summed E-state index contributed by atoms with van der Waals surface area (Å²) in [4.78, 5) is 25.5. The number of furan rings is 1. The van der Waals surface area contributed by atoms with Crippen molar-refractivity contribution in [1.29, 1.82) is 0 Å². The molecule has 0 spiro atoms. The average molecular weight is 364 g/mol. The van der Waals surface area contributed by atoms with Gasteiger partial charge in [-0.25, -0.2) is 0 Å². The first-order valence-corrected chi connectivity index (χ1v) is 9.52. The van der Waals surface area contributed by atoms with Gasteiger partial charge in [-0.2, -0.15) is 0 Å². The molecule has 2 aliphatic rings. The number of fused-ring (bicyclic) bond motifs is 2. The maximum absolute atomic E-state index is 12.9. The molecular formula is C22H24N2O3. The fourth-order valence-corrected chi connectivity index (χ4v) is 4.24. The summed E-state index contributed by atoms with van der Waals surface area (Å²) in [6.07, 6.45) is 7.82. The Morgan fingerprint density at radius 2 is 1.93 bits per heavy atom. The highest BCUT2D eigenvalue weighted by molar-refractivity contribution is 6.05. The van der Waals surface area contributed by atoms with Crippen molar-refractivity contribution in [1.82, 2.24) is 10.6 Å². The van der Waals surface area contributed by atoms with Crippen LogP contribution in [0.3, 0.4) is 0 Å². The largest absolute Gasteiger partial charge is 0.465 e. The molecule has 2 fully saturated rings. The Kier molecular flexibility index (Phi) is 4.84. The predicted molar refractivity (Wildman–Crippen MR) is 103 cm³/mol. The molecule has 2 aliphatic carbocycles. The highest BCUT2D eigenvalue weighted by atomic mass is 16.3. The Morgan fingerprint density at radius 3 is 2.56 bits per heavy atom. The Bertz CT molecular complexity index is 852. The second kappa shape index (κ2) is 7.43. The van der Waals surface area contributed by atoms with Crippen LogP contribution in [0.5, 0.6) is 0 Å². The third-order valence-corrected chi connectivity index (χ3v) is 5.69. The van der Waals surface area contributed by atoms with E-state index >= 15 is 0 Å². The van der Waals surface area contributed by atoms with E-state index in [9.17, 15) is 9.59 Å². The topological polar surface area (TPSA) is 71.3 Å². The number of benzene rings is 1. The maximum atomic E-state index is 12.9. The zero-order chi connectivity index (χ0) is 18.8. The first-order valence-electron chi connectivity index (χ1n) is 9.52. The summed E-state index contributed by atoms with van der Waals surface area (Å²) in [5.74, 6) is 1.26. The Labute approximate surface area is 158 Å². The van der Waals surface area contributed by atoms with Gasteiger partial charge >= 0.3 is 0 Å². The maximum Gasteiger partial charge on any atom is 0.268 e. The zero-order valence-corrected chi connectivity index (χ0v) is 15.4. The van der Waals surface area contributed by atoms with E-state index in [0.717, 1.165) is 17.9 Å². The van der Waals surface area contributed by atoms with E-state index in [1.165, 1.54) is 19.3 Å². The molecule has 2 amide bonds. The molecule has 1 aromatic carbocycles. The van der Waals surface area contributed by atoms with Crippen LogP contribution in [0.2, 0.25) is 0 Å². The fraction of sp³-hybridized carbons (Fsp3) is 0.364. The van der Waals surface area contributed by atoms with Crippen LogP contribution in [0.25, 0.3) is 6.08 Å². The summed E-state index contributed by atoms with van der Waals surface area (Å²) in [6, 6.07) is 11.0. The monoisotopic (exact) mass is 364 g/mol. The molecule has 0 aliphatic heterocycles. The first kappa shape index (κ1) is 17.6. The molecule has 2 aromatic rings. The number of carbonyl (C=O) groups excluding carboxylic acids is 2. The van der Waals surface area contributed by atoms with Crippen molar-refractivity contribution >= 4 is 17.9 Å². The van der Waals surface area contributed by atoms with Crippen molar-refractivity contribution in [2.75, 3.05) is 0 Å². The zero-order valence-electron chi connectivity index (χ0n) is 15.4. The van der Waals surface area contributed by atoms with E-state index in [-0.39, 0.29) is 23.6 Å². The lowest BCUT2D eigenvalue weighted by Gasteiger charge is -2.23. The van der Waals surface area contributed by atoms with Gasteiger partial charge in [0.05, 0.1) is 6.26 Å². The van der Waals surface area contributed by atoms with Crippen molar-refractivity contribution in [2.24, 2.45) is 11.8 Å². The van der Waals surface area contributed by atoms with E-state index in [0.29, 0.717) is 17.2 Å². The Morgan fingerprint density at radius 1 is 1.11 bits per heavy atom. The number of hydrogen-bond donors (Lipinski definition) is 2. The summed E-state index contributed by atoms with van der Waals surface area (Å²) in [5.41, 5.74) is 1.80. The van der Waals surface area contributed by atoms with Gasteiger partial charge in [-0.3, -0.25) is 9.59 Å². The quantitative estimate of drug-likeness (QED) is 0.796. The normalized spacial score (nSPS) is 24.0. The third kappa shape index (κ3) is 3.97. The molecule has 0 saturated heterocycles. The lowest BCUT2D eigenvalue weighted by atomic mass is 9.95. The van der Waals surface area contributed by atoms with Gasteiger partial charge < -0.3 is 15.1 Å². The van der Waals surface area contributed by atoms with Crippen LogP contribution in [0.1, 0.15) is 47.4 Å². The van der Waals surface area contributed by atoms with Crippen LogP contribution in [0, 0.1) is 18.8 Å². The van der Waals surface area contributed by atoms with Crippen molar-refractivity contribution in [2.45, 2.75) is 38.6 Å². The molecule has 140 valence electrons. The molecule has 2 bridgehead atoms. The molecule has 2 N–H and O–H groups in total. The molecule has 4 rings (SSSR count). The smallest absolute Gasteiger partial charge is 0.268 e. The van der Waals surface area contributed by atoms with E-state index in [1.54, 1.807) is 36.6 Å². The van der Waals surface area contributed by atoms with Crippen LogP contribution < -0.4 is 10.6 Å². The molecule has 27 heavy (non-hydrogen) atoms. The summed E-state index contributed by atoms with van der Waals surface area (Å²) >= 11 is 0. The number of aryl methyl sites for hydroxylation is 1. The molecule has 1 heterocycles. The number of hydrogen-bond acceptors (Lipinski definition) is 3. The van der Waals surface area contributed by atoms with Crippen LogP contribution in [-0.4, -0.2) is 17.9 Å². The summed E-state index contributed by atoms with van der Waals surface area (Å²) in [6.45, 7) is 1.96. The molecule has 2 saturated carbocycles. The Hall–Kier alpha value is -2.82. The SMILES string of the molecule is Cc1ccc(C(=O)N/C(=C\c2ccco2)C(=O)N[C@@H]2C[C@H]3CC[C@@H]2C3)cc1. The third-order valence-electron chi connectivity index (χ3n) is 5.69. The lowest BCUT2D eigenvalue weighted by molar-refractivity contribution is -0.118. The van der Waals surface area contributed by atoms with Crippen molar-refractivity contribution in [3.63, 3.8) is 0 Å². The fourth-order valence-electron chi connectivity index (χ4n) is 4.24. The summed E-state index contributed by atoms with van der Waals surface area (Å²) in [5, 5.41) is 5.88. The van der Waals surface area contributed by atoms with E-state index < -0.39 is 0 Å². The molecule has 1 aromatic heterocycles. The van der Waals surface area contributed by atoms with Gasteiger partial charge in [-0.1, -0.05) is 24.1 Å². The molecular weight excluding hydrogens is 340 g/mol. The highest BCUT2D eigenvalue weighted by Gasteiger charge is 2.40. The number of amides is 2. The van der Waals surface area contributed by atoms with Crippen molar-refractivity contribution in [3.8, 4) is 0 Å². The number of nitrogens with one attached hydrogen (secondary N) is 2. The lowest BCUT2D eigenvalue weighted by Crippen LogP contribution is -2.42. The van der Waals surface area contributed by atoms with Gasteiger partial charge in [0, 0.05) is 17.7 Å². The minimum absolute atomic E-state index is 0.201. The second-order valence-corrected chi connectivity index (χ2v) is 7.65. The van der Waals surface area contributed by atoms with E-state index in [1.807, 2.05) is 19.1 Å². The molecule has 0 unspecified atom stereocenters. The molecule has 3 atom stereocenters. The summed E-state index contributed by atoms with van der Waals surface area (Å²) < 4.78 is 5.33. The van der Waals surface area contributed by atoms with Crippen molar-refractivity contribution < 1.29 is 14.0 Å². The predicted octanol–water partition coefficient (Wildman–Crippen LogP) is 3.66. The second-order valence-electron chi connectivity index (χ2n) is 7.65. The molecule has 5 heteroatoms. The van der Waals surface area contributed by atoms with Gasteiger partial charge in [0.15, 0.2) is 0 Å². The van der Waals surface area contributed by atoms with Gasteiger partial charge in [0.1, 0.15) is 11.5 Å². The van der Waals surface area contributed by atoms with Crippen LogP contribution in [0.4, 0.5) is 0 Å². The van der Waals surface area contributed by atoms with E-state index in [2.05, 4.69) is 10.6 Å². The van der Waals surface area contributed by atoms with Gasteiger partial charge in [0.2, 0.25) is 0 Å². The van der Waals surface area contributed by atoms with E-state index in [4.69, 9.17) is 4.42 Å².